The van der Waals surface area contributed by atoms with Gasteiger partial charge in [-0.1, -0.05) is 31.5 Å². The fourth-order valence-corrected chi connectivity index (χ4v) is 5.29. The predicted molar refractivity (Wildman–Crippen MR) is 124 cm³/mol. The van der Waals surface area contributed by atoms with Crippen molar-refractivity contribution >= 4 is 27.5 Å². The fourth-order valence-electron chi connectivity index (χ4n) is 3.82. The van der Waals surface area contributed by atoms with Gasteiger partial charge in [-0.15, -0.1) is 0 Å². The van der Waals surface area contributed by atoms with Crippen molar-refractivity contribution in [1.29, 1.82) is 0 Å². The quantitative estimate of drug-likeness (QED) is 0.618. The number of nitrogens with one attached hydrogen (secondary N) is 2. The number of carbonyl (C=O) groups excluding carboxylic acids is 2. The normalized spacial score (nSPS) is 16.3. The van der Waals surface area contributed by atoms with Gasteiger partial charge in [-0.25, -0.2) is 17.2 Å². The van der Waals surface area contributed by atoms with E-state index >= 15 is 0 Å². The van der Waals surface area contributed by atoms with Gasteiger partial charge in [0.25, 0.3) is 0 Å². The summed E-state index contributed by atoms with van der Waals surface area (Å²) in [5, 5.41) is 5.24. The first-order valence-corrected chi connectivity index (χ1v) is 12.6. The van der Waals surface area contributed by atoms with Gasteiger partial charge < -0.3 is 10.6 Å². The number of benzene rings is 2. The third-order valence-corrected chi connectivity index (χ3v) is 7.83. The molecule has 1 aliphatic rings. The molecule has 2 N–H and O–H groups in total. The molecular weight excluding hydrogens is 464 g/mol. The van der Waals surface area contributed by atoms with E-state index in [2.05, 4.69) is 10.6 Å². The Bertz CT molecular complexity index is 1150. The summed E-state index contributed by atoms with van der Waals surface area (Å²) in [6, 6.07) is 8.75. The number of carbonyl (C=O) groups is 2. The van der Waals surface area contributed by atoms with Crippen LogP contribution in [0, 0.1) is 30.4 Å². The number of nitrogens with zero attached hydrogens (tertiary/aromatic N) is 1. The van der Waals surface area contributed by atoms with E-state index < -0.39 is 39.5 Å². The number of piperidine rings is 1. The molecular formula is C24H29F2N3O4S. The first kappa shape index (κ1) is 25.8. The maximum atomic E-state index is 13.4. The van der Waals surface area contributed by atoms with Crippen molar-refractivity contribution in [2.24, 2.45) is 11.8 Å². The summed E-state index contributed by atoms with van der Waals surface area (Å²) in [6.45, 7) is 5.78. The molecule has 0 bridgehead atoms. The van der Waals surface area contributed by atoms with E-state index in [1.165, 1.54) is 10.4 Å². The summed E-state index contributed by atoms with van der Waals surface area (Å²) in [4.78, 5) is 25.8. The van der Waals surface area contributed by atoms with Crippen LogP contribution in [-0.2, 0) is 19.6 Å². The molecule has 34 heavy (non-hydrogen) atoms. The van der Waals surface area contributed by atoms with Crippen LogP contribution in [0.2, 0.25) is 0 Å². The SMILES string of the molecule is Cc1ccc(S(=O)(=O)N2CCC(C(=O)N[C@H](C(=O)Nc3ccc(F)c(F)c3)C(C)C)CC2)cc1. The highest BCUT2D eigenvalue weighted by atomic mass is 32.2. The molecule has 0 saturated carbocycles. The maximum Gasteiger partial charge on any atom is 0.247 e. The molecule has 7 nitrogen and oxygen atoms in total. The van der Waals surface area contributed by atoms with Gasteiger partial charge in [-0.05, 0) is 49.9 Å². The zero-order valence-electron chi connectivity index (χ0n) is 19.3. The van der Waals surface area contributed by atoms with E-state index in [-0.39, 0.29) is 35.5 Å². The zero-order chi connectivity index (χ0) is 25.0. The lowest BCUT2D eigenvalue weighted by molar-refractivity contribution is -0.130. The van der Waals surface area contributed by atoms with E-state index in [0.29, 0.717) is 12.8 Å². The Morgan fingerprint density at radius 3 is 2.18 bits per heavy atom. The number of halogens is 2. The minimum absolute atomic E-state index is 0.0819. The molecule has 3 rings (SSSR count). The molecule has 0 spiro atoms. The molecule has 1 saturated heterocycles. The number of amides is 2. The van der Waals surface area contributed by atoms with Crippen LogP contribution < -0.4 is 10.6 Å². The smallest absolute Gasteiger partial charge is 0.247 e. The Morgan fingerprint density at radius 2 is 1.62 bits per heavy atom. The van der Waals surface area contributed by atoms with Crippen molar-refractivity contribution in [3.8, 4) is 0 Å². The lowest BCUT2D eigenvalue weighted by atomic mass is 9.95. The van der Waals surface area contributed by atoms with Gasteiger partial charge in [0.2, 0.25) is 21.8 Å². The van der Waals surface area contributed by atoms with Crippen LogP contribution >= 0.6 is 0 Å². The molecule has 184 valence electrons. The van der Waals surface area contributed by atoms with Crippen molar-refractivity contribution in [1.82, 2.24) is 9.62 Å². The number of rotatable bonds is 7. The van der Waals surface area contributed by atoms with Gasteiger partial charge >= 0.3 is 0 Å². The predicted octanol–water partition coefficient (Wildman–Crippen LogP) is 3.45. The Labute approximate surface area is 198 Å². The molecule has 0 aliphatic carbocycles. The first-order chi connectivity index (χ1) is 16.0. The highest BCUT2D eigenvalue weighted by Gasteiger charge is 2.34. The summed E-state index contributed by atoms with van der Waals surface area (Å²) < 4.78 is 53.7. The second-order valence-electron chi connectivity index (χ2n) is 8.84. The second kappa shape index (κ2) is 10.6. The Hall–Kier alpha value is -2.85. The average molecular weight is 494 g/mol. The second-order valence-corrected chi connectivity index (χ2v) is 10.8. The Morgan fingerprint density at radius 1 is 1.00 bits per heavy atom. The third kappa shape index (κ3) is 5.98. The average Bonchev–Trinajstić information content (AvgIpc) is 2.79. The number of aryl methyl sites for hydroxylation is 1. The molecule has 1 heterocycles. The number of sulfonamides is 1. The van der Waals surface area contributed by atoms with E-state index in [9.17, 15) is 26.8 Å². The van der Waals surface area contributed by atoms with Gasteiger partial charge in [-0.3, -0.25) is 9.59 Å². The van der Waals surface area contributed by atoms with E-state index in [1.54, 1.807) is 38.1 Å². The molecule has 10 heteroatoms. The summed E-state index contributed by atoms with van der Waals surface area (Å²) in [6.07, 6.45) is 0.652. The Balaban J connectivity index is 1.60. The van der Waals surface area contributed by atoms with E-state index in [1.807, 2.05) is 6.92 Å². The lowest BCUT2D eigenvalue weighted by Gasteiger charge is -2.32. The molecule has 2 aromatic rings. The first-order valence-electron chi connectivity index (χ1n) is 11.1. The zero-order valence-corrected chi connectivity index (χ0v) is 20.2. The molecule has 1 fully saturated rings. The van der Waals surface area contributed by atoms with Crippen molar-refractivity contribution in [3.05, 3.63) is 59.7 Å². The van der Waals surface area contributed by atoms with Crippen molar-refractivity contribution in [3.63, 3.8) is 0 Å². The number of hydrogen-bond donors (Lipinski definition) is 2. The van der Waals surface area contributed by atoms with Crippen LogP contribution in [-0.4, -0.2) is 43.7 Å². The van der Waals surface area contributed by atoms with E-state index in [0.717, 1.165) is 17.7 Å². The van der Waals surface area contributed by atoms with Crippen LogP contribution in [0.25, 0.3) is 0 Å². The van der Waals surface area contributed by atoms with E-state index in [4.69, 9.17) is 0 Å². The highest BCUT2D eigenvalue weighted by Crippen LogP contribution is 2.25. The molecule has 0 aromatic heterocycles. The highest BCUT2D eigenvalue weighted by molar-refractivity contribution is 7.89. The molecule has 0 radical (unpaired) electrons. The number of hydrogen-bond acceptors (Lipinski definition) is 4. The number of anilines is 1. The van der Waals surface area contributed by atoms with Crippen molar-refractivity contribution in [2.45, 2.75) is 44.6 Å². The summed E-state index contributed by atoms with van der Waals surface area (Å²) in [5.41, 5.74) is 1.04. The van der Waals surface area contributed by atoms with Crippen LogP contribution in [0.1, 0.15) is 32.3 Å². The van der Waals surface area contributed by atoms with Crippen LogP contribution in [0.3, 0.4) is 0 Å². The van der Waals surface area contributed by atoms with Crippen molar-refractivity contribution < 1.29 is 26.8 Å². The lowest BCUT2D eigenvalue weighted by Crippen LogP contribution is -2.50. The monoisotopic (exact) mass is 493 g/mol. The molecule has 2 amide bonds. The maximum absolute atomic E-state index is 13.4. The van der Waals surface area contributed by atoms with Crippen LogP contribution in [0.15, 0.2) is 47.4 Å². The van der Waals surface area contributed by atoms with Gasteiger partial charge in [0.1, 0.15) is 6.04 Å². The standard InChI is InChI=1S/C24H29F2N3O4S/c1-15(2)22(24(31)27-18-6-9-20(25)21(26)14-18)28-23(30)17-10-12-29(13-11-17)34(32,33)19-7-4-16(3)5-8-19/h4-9,14-15,17,22H,10-13H2,1-3H3,(H,27,31)(H,28,30)/t22-/m0/s1. The molecule has 0 unspecified atom stereocenters. The topological polar surface area (TPSA) is 95.6 Å². The largest absolute Gasteiger partial charge is 0.344 e. The summed E-state index contributed by atoms with van der Waals surface area (Å²) >= 11 is 0. The molecule has 1 aliphatic heterocycles. The summed E-state index contributed by atoms with van der Waals surface area (Å²) in [5.74, 6) is -3.71. The van der Waals surface area contributed by atoms with Crippen molar-refractivity contribution in [2.75, 3.05) is 18.4 Å². The van der Waals surface area contributed by atoms with Crippen LogP contribution in [0.4, 0.5) is 14.5 Å². The fraction of sp³-hybridized carbons (Fsp3) is 0.417. The van der Waals surface area contributed by atoms with Gasteiger partial charge in [0.15, 0.2) is 11.6 Å². The summed E-state index contributed by atoms with van der Waals surface area (Å²) in [7, 11) is -3.64. The van der Waals surface area contributed by atoms with Gasteiger partial charge in [0.05, 0.1) is 4.90 Å². The van der Waals surface area contributed by atoms with Gasteiger partial charge in [0, 0.05) is 30.8 Å². The third-order valence-electron chi connectivity index (χ3n) is 5.92. The molecule has 2 aromatic carbocycles. The Kier molecular flexibility index (Phi) is 8.04. The minimum Gasteiger partial charge on any atom is -0.344 e. The van der Waals surface area contributed by atoms with Crippen LogP contribution in [0.5, 0.6) is 0 Å². The van der Waals surface area contributed by atoms with Gasteiger partial charge in [-0.2, -0.15) is 4.31 Å². The minimum atomic E-state index is -3.64. The molecule has 1 atom stereocenters.